The van der Waals surface area contributed by atoms with Crippen LogP contribution in [-0.2, 0) is 9.59 Å². The summed E-state index contributed by atoms with van der Waals surface area (Å²) in [6.45, 7) is 0. The second-order valence-corrected chi connectivity index (χ2v) is 3.63. The number of nitrogens with zero attached hydrogens (tertiary/aromatic N) is 1. The number of carbonyl (C=O) groups is 2. The maximum Gasteiger partial charge on any atom is 0.329 e. The van der Waals surface area contributed by atoms with Crippen LogP contribution in [0.2, 0.25) is 0 Å². The van der Waals surface area contributed by atoms with Crippen LogP contribution in [-0.4, -0.2) is 18.0 Å². The second kappa shape index (κ2) is 5.09. The Balaban J connectivity index is 2.24. The predicted octanol–water partition coefficient (Wildman–Crippen LogP) is 0.775. The van der Waals surface area contributed by atoms with Gasteiger partial charge in [0.25, 0.3) is 0 Å². The van der Waals surface area contributed by atoms with Crippen LogP contribution >= 0.6 is 0 Å². The molecule has 0 saturated carbocycles. The van der Waals surface area contributed by atoms with Crippen molar-refractivity contribution in [3.8, 4) is 0 Å². The number of carbonyl (C=O) groups excluding carboxylic acids is 2. The van der Waals surface area contributed by atoms with Crippen molar-refractivity contribution in [1.82, 2.24) is 5.43 Å². The average Bonchev–Trinajstić information content (AvgIpc) is 2.38. The standard InChI is InChI=1S/C13H11N3O2/c14-12(17)13(18)16-15-8-10-6-3-5-9-4-1-2-7-11(9)10/h1-8H,(H2,14,17)(H,16,18). The molecule has 3 N–H and O–H groups in total. The van der Waals surface area contributed by atoms with Crippen LogP contribution < -0.4 is 11.2 Å². The van der Waals surface area contributed by atoms with Crippen molar-refractivity contribution in [3.63, 3.8) is 0 Å². The highest BCUT2D eigenvalue weighted by Gasteiger charge is 2.05. The van der Waals surface area contributed by atoms with Crippen LogP contribution in [0.4, 0.5) is 0 Å². The van der Waals surface area contributed by atoms with E-state index in [1.807, 2.05) is 42.5 Å². The molecule has 0 heterocycles. The summed E-state index contributed by atoms with van der Waals surface area (Å²) >= 11 is 0. The molecule has 18 heavy (non-hydrogen) atoms. The molecule has 5 nitrogen and oxygen atoms in total. The smallest absolute Gasteiger partial charge is 0.329 e. The third-order valence-corrected chi connectivity index (χ3v) is 2.42. The van der Waals surface area contributed by atoms with Crippen LogP contribution in [0.3, 0.4) is 0 Å². The molecule has 0 aliphatic carbocycles. The molecule has 0 bridgehead atoms. The highest BCUT2D eigenvalue weighted by molar-refractivity contribution is 6.34. The number of primary amides is 1. The van der Waals surface area contributed by atoms with Gasteiger partial charge in [0.15, 0.2) is 0 Å². The number of fused-ring (bicyclic) bond motifs is 1. The van der Waals surface area contributed by atoms with Crippen LogP contribution in [0, 0.1) is 0 Å². The lowest BCUT2D eigenvalue weighted by molar-refractivity contribution is -0.137. The fourth-order valence-electron chi connectivity index (χ4n) is 1.58. The van der Waals surface area contributed by atoms with Gasteiger partial charge in [-0.3, -0.25) is 9.59 Å². The second-order valence-electron chi connectivity index (χ2n) is 3.63. The minimum Gasteiger partial charge on any atom is -0.361 e. The third-order valence-electron chi connectivity index (χ3n) is 2.42. The molecule has 0 radical (unpaired) electrons. The number of hydrogen-bond acceptors (Lipinski definition) is 3. The van der Waals surface area contributed by atoms with Gasteiger partial charge >= 0.3 is 11.8 Å². The molecule has 2 rings (SSSR count). The van der Waals surface area contributed by atoms with E-state index < -0.39 is 11.8 Å². The summed E-state index contributed by atoms with van der Waals surface area (Å²) in [5, 5.41) is 5.77. The first-order valence-corrected chi connectivity index (χ1v) is 5.29. The maximum absolute atomic E-state index is 10.9. The lowest BCUT2D eigenvalue weighted by Gasteiger charge is -2.01. The fraction of sp³-hybridized carbons (Fsp3) is 0. The molecule has 2 amide bonds. The SMILES string of the molecule is NC(=O)C(=O)NN=Cc1cccc2ccccc12. The number of nitrogens with one attached hydrogen (secondary N) is 1. The Labute approximate surface area is 103 Å². The van der Waals surface area contributed by atoms with Gasteiger partial charge in [0, 0.05) is 5.56 Å². The van der Waals surface area contributed by atoms with Gasteiger partial charge in [-0.2, -0.15) is 5.10 Å². The number of hydrogen-bond donors (Lipinski definition) is 2. The monoisotopic (exact) mass is 241 g/mol. The number of rotatable bonds is 2. The van der Waals surface area contributed by atoms with Gasteiger partial charge in [-0.25, -0.2) is 5.43 Å². The van der Waals surface area contributed by atoms with Crippen molar-refractivity contribution in [2.75, 3.05) is 0 Å². The van der Waals surface area contributed by atoms with Crippen molar-refractivity contribution in [1.29, 1.82) is 0 Å². The Hall–Kier alpha value is -2.69. The van der Waals surface area contributed by atoms with Crippen molar-refractivity contribution in [2.45, 2.75) is 0 Å². The van der Waals surface area contributed by atoms with Crippen LogP contribution in [0.5, 0.6) is 0 Å². The minimum atomic E-state index is -1.06. The predicted molar refractivity (Wildman–Crippen MR) is 68.9 cm³/mol. The zero-order chi connectivity index (χ0) is 13.0. The number of benzene rings is 2. The molecule has 0 saturated heterocycles. The Kier molecular flexibility index (Phi) is 3.33. The largest absolute Gasteiger partial charge is 0.361 e. The molecule has 90 valence electrons. The summed E-state index contributed by atoms with van der Waals surface area (Å²) in [7, 11) is 0. The topological polar surface area (TPSA) is 84.5 Å². The molecular weight excluding hydrogens is 230 g/mol. The summed E-state index contributed by atoms with van der Waals surface area (Å²) in [5.41, 5.74) is 7.68. The fourth-order valence-corrected chi connectivity index (χ4v) is 1.58. The van der Waals surface area contributed by atoms with Crippen molar-refractivity contribution in [3.05, 3.63) is 48.0 Å². The van der Waals surface area contributed by atoms with Crippen LogP contribution in [0.1, 0.15) is 5.56 Å². The van der Waals surface area contributed by atoms with Gasteiger partial charge in [-0.1, -0.05) is 42.5 Å². The molecule has 2 aromatic rings. The molecule has 0 aliphatic rings. The highest BCUT2D eigenvalue weighted by Crippen LogP contribution is 2.16. The van der Waals surface area contributed by atoms with Crippen molar-refractivity contribution >= 4 is 28.8 Å². The van der Waals surface area contributed by atoms with Crippen LogP contribution in [0.25, 0.3) is 10.8 Å². The first-order chi connectivity index (χ1) is 8.68. The summed E-state index contributed by atoms with van der Waals surface area (Å²) in [4.78, 5) is 21.4. The molecule has 0 unspecified atom stereocenters. The number of nitrogens with two attached hydrogens (primary N) is 1. The molecule has 0 fully saturated rings. The molecule has 0 aliphatic heterocycles. The van der Waals surface area contributed by atoms with Gasteiger partial charge in [0.2, 0.25) is 0 Å². The number of amides is 2. The normalized spacial score (nSPS) is 10.7. The summed E-state index contributed by atoms with van der Waals surface area (Å²) in [6, 6.07) is 13.5. The van der Waals surface area contributed by atoms with E-state index in [4.69, 9.17) is 5.73 Å². The molecule has 2 aromatic carbocycles. The van der Waals surface area contributed by atoms with E-state index in [1.165, 1.54) is 6.21 Å². The van der Waals surface area contributed by atoms with Crippen molar-refractivity contribution < 1.29 is 9.59 Å². The van der Waals surface area contributed by atoms with Gasteiger partial charge in [0.1, 0.15) is 0 Å². The Bertz CT molecular complexity index is 630. The minimum absolute atomic E-state index is 0.845. The lowest BCUT2D eigenvalue weighted by atomic mass is 10.1. The molecular formula is C13H11N3O2. The van der Waals surface area contributed by atoms with E-state index in [0.717, 1.165) is 16.3 Å². The summed E-state index contributed by atoms with van der Waals surface area (Å²) < 4.78 is 0. The van der Waals surface area contributed by atoms with E-state index in [9.17, 15) is 9.59 Å². The van der Waals surface area contributed by atoms with Gasteiger partial charge in [0.05, 0.1) is 6.21 Å². The Morgan fingerprint density at radius 2 is 1.83 bits per heavy atom. The molecule has 0 aromatic heterocycles. The van der Waals surface area contributed by atoms with Crippen LogP contribution in [0.15, 0.2) is 47.6 Å². The van der Waals surface area contributed by atoms with Gasteiger partial charge in [-0.05, 0) is 10.8 Å². The summed E-state index contributed by atoms with van der Waals surface area (Å²) in [6.07, 6.45) is 1.48. The zero-order valence-electron chi connectivity index (χ0n) is 9.46. The van der Waals surface area contributed by atoms with E-state index in [2.05, 4.69) is 10.5 Å². The Morgan fingerprint density at radius 3 is 2.61 bits per heavy atom. The first kappa shape index (κ1) is 11.8. The highest BCUT2D eigenvalue weighted by atomic mass is 16.2. The first-order valence-electron chi connectivity index (χ1n) is 5.29. The van der Waals surface area contributed by atoms with Crippen molar-refractivity contribution in [2.24, 2.45) is 10.8 Å². The maximum atomic E-state index is 10.9. The van der Waals surface area contributed by atoms with E-state index in [-0.39, 0.29) is 0 Å². The van der Waals surface area contributed by atoms with E-state index in [1.54, 1.807) is 0 Å². The van der Waals surface area contributed by atoms with Gasteiger partial charge < -0.3 is 5.73 Å². The van der Waals surface area contributed by atoms with Gasteiger partial charge in [-0.15, -0.1) is 0 Å². The Morgan fingerprint density at radius 1 is 1.11 bits per heavy atom. The van der Waals surface area contributed by atoms with E-state index in [0.29, 0.717) is 0 Å². The molecule has 0 atom stereocenters. The quantitative estimate of drug-likeness (QED) is 0.462. The lowest BCUT2D eigenvalue weighted by Crippen LogP contribution is -2.32. The third kappa shape index (κ3) is 2.52. The molecule has 5 heteroatoms. The zero-order valence-corrected chi connectivity index (χ0v) is 9.46. The van der Waals surface area contributed by atoms with E-state index >= 15 is 0 Å². The summed E-state index contributed by atoms with van der Waals surface area (Å²) in [5.74, 6) is -2.00. The number of hydrazone groups is 1. The molecule has 0 spiro atoms. The average molecular weight is 241 g/mol.